The van der Waals surface area contributed by atoms with Crippen LogP contribution >= 0.6 is 12.6 Å². The number of aromatic nitrogens is 4. The van der Waals surface area contributed by atoms with Crippen LogP contribution in [-0.4, -0.2) is 19.4 Å². The molecule has 0 saturated carbocycles. The molecule has 0 aliphatic carbocycles. The van der Waals surface area contributed by atoms with E-state index < -0.39 is 0 Å². The first kappa shape index (κ1) is 6.60. The molecule has 2 aromatic rings. The number of hydrogen-bond acceptors (Lipinski definition) is 4. The van der Waals surface area contributed by atoms with E-state index in [1.165, 1.54) is 6.33 Å². The van der Waals surface area contributed by atoms with Crippen molar-refractivity contribution in [2.45, 2.75) is 11.9 Å². The quantitative estimate of drug-likeness (QED) is 0.586. The van der Waals surface area contributed by atoms with E-state index in [1.807, 2.05) is 6.92 Å². The molecule has 0 amide bonds. The largest absolute Gasteiger partial charge is 0.270 e. The van der Waals surface area contributed by atoms with Gasteiger partial charge in [-0.1, -0.05) is 0 Å². The van der Waals surface area contributed by atoms with Crippen molar-refractivity contribution in [1.82, 2.24) is 19.4 Å². The zero-order valence-corrected chi connectivity index (χ0v) is 6.79. The highest BCUT2D eigenvalue weighted by Gasteiger charge is 2.03. The van der Waals surface area contributed by atoms with Crippen molar-refractivity contribution in [2.24, 2.45) is 0 Å². The maximum Gasteiger partial charge on any atom is 0.237 e. The summed E-state index contributed by atoms with van der Waals surface area (Å²) in [5.41, 5.74) is 0.962. The van der Waals surface area contributed by atoms with E-state index in [-0.39, 0.29) is 0 Å². The summed E-state index contributed by atoms with van der Waals surface area (Å²) in [5.74, 6) is 0.641. The lowest BCUT2D eigenvalue weighted by atomic mass is 10.5. The molecule has 2 aromatic heterocycles. The van der Waals surface area contributed by atoms with E-state index in [1.54, 1.807) is 10.7 Å². The normalized spacial score (nSPS) is 10.7. The third-order valence-corrected chi connectivity index (χ3v) is 1.95. The fourth-order valence-corrected chi connectivity index (χ4v) is 1.10. The van der Waals surface area contributed by atoms with Gasteiger partial charge >= 0.3 is 0 Å². The summed E-state index contributed by atoms with van der Waals surface area (Å²) in [6, 6.07) is 0. The number of imidazole rings is 1. The fraction of sp³-hybridized carbons (Fsp3) is 0.167. The zero-order valence-electron chi connectivity index (χ0n) is 5.89. The summed E-state index contributed by atoms with van der Waals surface area (Å²) < 4.78 is 1.79. The summed E-state index contributed by atoms with van der Waals surface area (Å²) in [4.78, 5) is 11.9. The minimum Gasteiger partial charge on any atom is -0.270 e. The third-order valence-electron chi connectivity index (χ3n) is 1.53. The molecule has 56 valence electrons. The Hall–Kier alpha value is -1.10. The Morgan fingerprint density at radius 1 is 1.55 bits per heavy atom. The van der Waals surface area contributed by atoms with Crippen LogP contribution in [0.15, 0.2) is 17.7 Å². The second-order valence-corrected chi connectivity index (χ2v) is 2.62. The molecular weight excluding hydrogens is 160 g/mol. The SMILES string of the molecule is Cc1c(S)nc2ncncn12. The van der Waals surface area contributed by atoms with Gasteiger partial charge in [0.25, 0.3) is 0 Å². The van der Waals surface area contributed by atoms with Crippen molar-refractivity contribution < 1.29 is 0 Å². The van der Waals surface area contributed by atoms with E-state index in [0.29, 0.717) is 10.8 Å². The predicted octanol–water partition coefficient (Wildman–Crippen LogP) is 0.721. The highest BCUT2D eigenvalue weighted by atomic mass is 32.1. The van der Waals surface area contributed by atoms with Gasteiger partial charge in [-0.3, -0.25) is 4.40 Å². The molecule has 2 rings (SSSR count). The molecule has 5 heteroatoms. The summed E-state index contributed by atoms with van der Waals surface area (Å²) in [7, 11) is 0. The molecule has 0 aliphatic rings. The van der Waals surface area contributed by atoms with Crippen LogP contribution in [0.1, 0.15) is 5.69 Å². The van der Waals surface area contributed by atoms with Gasteiger partial charge < -0.3 is 0 Å². The second-order valence-electron chi connectivity index (χ2n) is 2.20. The topological polar surface area (TPSA) is 43.1 Å². The molecule has 0 bridgehead atoms. The van der Waals surface area contributed by atoms with Crippen LogP contribution in [-0.2, 0) is 0 Å². The lowest BCUT2D eigenvalue weighted by molar-refractivity contribution is 0.976. The van der Waals surface area contributed by atoms with E-state index in [9.17, 15) is 0 Å². The standard InChI is InChI=1S/C6H6N4S/c1-4-5(11)9-6-8-2-7-3-10(4)6/h2-3,11H,1H3. The summed E-state index contributed by atoms with van der Waals surface area (Å²) in [6.45, 7) is 1.92. The van der Waals surface area contributed by atoms with Gasteiger partial charge in [-0.05, 0) is 6.92 Å². The Bertz CT molecular complexity index is 394. The number of thiol groups is 1. The molecule has 0 unspecified atom stereocenters. The van der Waals surface area contributed by atoms with Crippen molar-refractivity contribution in [3.8, 4) is 0 Å². The van der Waals surface area contributed by atoms with Gasteiger partial charge in [0.05, 0.1) is 5.69 Å². The minimum absolute atomic E-state index is 0.641. The van der Waals surface area contributed by atoms with Crippen molar-refractivity contribution in [1.29, 1.82) is 0 Å². The Morgan fingerprint density at radius 3 is 3.09 bits per heavy atom. The van der Waals surface area contributed by atoms with Crippen molar-refractivity contribution >= 4 is 18.4 Å². The van der Waals surface area contributed by atoms with Crippen LogP contribution in [0.3, 0.4) is 0 Å². The number of rotatable bonds is 0. The van der Waals surface area contributed by atoms with Gasteiger partial charge in [-0.2, -0.15) is 0 Å². The van der Waals surface area contributed by atoms with Gasteiger partial charge in [0.2, 0.25) is 5.78 Å². The van der Waals surface area contributed by atoms with Gasteiger partial charge in [0, 0.05) is 0 Å². The molecular formula is C6H6N4S. The Morgan fingerprint density at radius 2 is 2.36 bits per heavy atom. The van der Waals surface area contributed by atoms with E-state index in [2.05, 4.69) is 27.6 Å². The molecule has 0 atom stereocenters. The van der Waals surface area contributed by atoms with Crippen LogP contribution < -0.4 is 0 Å². The van der Waals surface area contributed by atoms with Crippen molar-refractivity contribution in [3.05, 3.63) is 18.3 Å². The van der Waals surface area contributed by atoms with E-state index in [0.717, 1.165) is 5.69 Å². The Labute approximate surface area is 68.7 Å². The van der Waals surface area contributed by atoms with Gasteiger partial charge in [0.15, 0.2) is 0 Å². The molecule has 0 aromatic carbocycles. The maximum atomic E-state index is 4.16. The minimum atomic E-state index is 0.641. The Kier molecular flexibility index (Phi) is 1.32. The molecule has 4 nitrogen and oxygen atoms in total. The van der Waals surface area contributed by atoms with E-state index >= 15 is 0 Å². The van der Waals surface area contributed by atoms with Crippen LogP contribution in [0, 0.1) is 6.92 Å². The number of nitrogens with zero attached hydrogens (tertiary/aromatic N) is 4. The Balaban J connectivity index is 2.92. The van der Waals surface area contributed by atoms with Gasteiger partial charge in [-0.25, -0.2) is 15.0 Å². The van der Waals surface area contributed by atoms with Crippen LogP contribution in [0.2, 0.25) is 0 Å². The average molecular weight is 166 g/mol. The number of hydrogen-bond donors (Lipinski definition) is 1. The highest BCUT2D eigenvalue weighted by Crippen LogP contribution is 2.11. The van der Waals surface area contributed by atoms with Crippen molar-refractivity contribution in [3.63, 3.8) is 0 Å². The van der Waals surface area contributed by atoms with Crippen LogP contribution in [0.25, 0.3) is 5.78 Å². The summed E-state index contributed by atoms with van der Waals surface area (Å²) in [5, 5.41) is 0.700. The lowest BCUT2D eigenvalue weighted by Gasteiger charge is -1.90. The number of aryl methyl sites for hydroxylation is 1. The van der Waals surface area contributed by atoms with Gasteiger partial charge in [-0.15, -0.1) is 12.6 Å². The lowest BCUT2D eigenvalue weighted by Crippen LogP contribution is -1.90. The molecule has 0 fully saturated rings. The molecule has 2 heterocycles. The first-order chi connectivity index (χ1) is 5.29. The van der Waals surface area contributed by atoms with Crippen LogP contribution in [0.5, 0.6) is 0 Å². The maximum absolute atomic E-state index is 4.16. The second kappa shape index (κ2) is 2.20. The monoisotopic (exact) mass is 166 g/mol. The predicted molar refractivity (Wildman–Crippen MR) is 42.8 cm³/mol. The molecule has 11 heavy (non-hydrogen) atoms. The average Bonchev–Trinajstić information content (AvgIpc) is 2.30. The molecule has 0 spiro atoms. The smallest absolute Gasteiger partial charge is 0.237 e. The molecule has 0 radical (unpaired) electrons. The highest BCUT2D eigenvalue weighted by molar-refractivity contribution is 7.80. The summed E-state index contributed by atoms with van der Waals surface area (Å²) in [6.07, 6.45) is 3.14. The van der Waals surface area contributed by atoms with Gasteiger partial charge in [0.1, 0.15) is 17.7 Å². The van der Waals surface area contributed by atoms with Crippen molar-refractivity contribution in [2.75, 3.05) is 0 Å². The number of fused-ring (bicyclic) bond motifs is 1. The van der Waals surface area contributed by atoms with E-state index in [4.69, 9.17) is 0 Å². The summed E-state index contributed by atoms with van der Waals surface area (Å²) >= 11 is 4.16. The van der Waals surface area contributed by atoms with Crippen LogP contribution in [0.4, 0.5) is 0 Å². The third kappa shape index (κ3) is 0.883. The first-order valence-corrected chi connectivity index (χ1v) is 3.57. The zero-order chi connectivity index (χ0) is 7.84. The first-order valence-electron chi connectivity index (χ1n) is 3.12. The molecule has 0 N–H and O–H groups in total. The fourth-order valence-electron chi connectivity index (χ4n) is 0.898. The molecule has 0 saturated heterocycles. The molecule has 0 aliphatic heterocycles.